The summed E-state index contributed by atoms with van der Waals surface area (Å²) in [4.78, 5) is 4.32. The van der Waals surface area contributed by atoms with Crippen LogP contribution in [0.2, 0.25) is 0 Å². The van der Waals surface area contributed by atoms with Gasteiger partial charge in [-0.1, -0.05) is 13.3 Å². The summed E-state index contributed by atoms with van der Waals surface area (Å²) in [6, 6.07) is 0. The molecule has 1 aliphatic carbocycles. The quantitative estimate of drug-likeness (QED) is 0.716. The zero-order valence-electron chi connectivity index (χ0n) is 9.12. The number of oxazole rings is 1. The lowest BCUT2D eigenvalue weighted by Gasteiger charge is -2.25. The smallest absolute Gasteiger partial charge is 0.197 e. The fourth-order valence-electron chi connectivity index (χ4n) is 2.38. The van der Waals surface area contributed by atoms with E-state index < -0.39 is 0 Å². The molecule has 14 heavy (non-hydrogen) atoms. The van der Waals surface area contributed by atoms with Crippen molar-refractivity contribution in [3.05, 3.63) is 17.8 Å². The maximum absolute atomic E-state index is 5.58. The van der Waals surface area contributed by atoms with E-state index in [2.05, 4.69) is 11.9 Å². The van der Waals surface area contributed by atoms with Gasteiger partial charge in [-0.25, -0.2) is 4.98 Å². The zero-order chi connectivity index (χ0) is 9.97. The van der Waals surface area contributed by atoms with Gasteiger partial charge in [0.1, 0.15) is 5.76 Å². The first kappa shape index (κ1) is 9.75. The van der Waals surface area contributed by atoms with Gasteiger partial charge in [-0.15, -0.1) is 0 Å². The molecule has 2 rings (SSSR count). The maximum atomic E-state index is 5.58. The molecule has 0 aliphatic heterocycles. The second-order valence-corrected chi connectivity index (χ2v) is 4.44. The molecule has 0 radical (unpaired) electrons. The van der Waals surface area contributed by atoms with Gasteiger partial charge in [0.05, 0.1) is 6.20 Å². The molecule has 2 heteroatoms. The van der Waals surface area contributed by atoms with Crippen molar-refractivity contribution in [1.82, 2.24) is 4.98 Å². The molecule has 0 saturated heterocycles. The monoisotopic (exact) mass is 193 g/mol. The van der Waals surface area contributed by atoms with Crippen molar-refractivity contribution < 1.29 is 4.42 Å². The Balaban J connectivity index is 1.95. The summed E-state index contributed by atoms with van der Waals surface area (Å²) in [5.41, 5.74) is 0. The molecule has 1 aromatic rings. The average molecular weight is 193 g/mol. The van der Waals surface area contributed by atoms with Crippen molar-refractivity contribution in [3.8, 4) is 0 Å². The highest BCUT2D eigenvalue weighted by molar-refractivity contribution is 4.98. The number of nitrogens with zero attached hydrogens (tertiary/aromatic N) is 1. The summed E-state index contributed by atoms with van der Waals surface area (Å²) in [5.74, 6) is 3.45. The molecule has 0 N–H and O–H groups in total. The van der Waals surface area contributed by atoms with E-state index in [1.165, 1.54) is 32.1 Å². The summed E-state index contributed by atoms with van der Waals surface area (Å²) in [7, 11) is 0. The fraction of sp³-hybridized carbons (Fsp3) is 0.750. The van der Waals surface area contributed by atoms with E-state index in [4.69, 9.17) is 4.42 Å². The molecular formula is C12H19NO. The average Bonchev–Trinajstić information content (AvgIpc) is 2.65. The molecular weight excluding hydrogens is 174 g/mol. The van der Waals surface area contributed by atoms with Gasteiger partial charge in [-0.3, -0.25) is 0 Å². The van der Waals surface area contributed by atoms with E-state index >= 15 is 0 Å². The highest BCUT2D eigenvalue weighted by atomic mass is 16.4. The first-order valence-electron chi connectivity index (χ1n) is 5.72. The van der Waals surface area contributed by atoms with Gasteiger partial charge >= 0.3 is 0 Å². The van der Waals surface area contributed by atoms with Gasteiger partial charge in [-0.2, -0.15) is 0 Å². The number of hydrogen-bond acceptors (Lipinski definition) is 2. The molecule has 0 spiro atoms. The van der Waals surface area contributed by atoms with Crippen LogP contribution in [0.1, 0.15) is 56.6 Å². The van der Waals surface area contributed by atoms with Crippen LogP contribution in [0.4, 0.5) is 0 Å². The Bertz CT molecular complexity index is 284. The van der Waals surface area contributed by atoms with Crippen molar-refractivity contribution in [2.75, 3.05) is 0 Å². The van der Waals surface area contributed by atoms with Gasteiger partial charge in [0.15, 0.2) is 5.89 Å². The predicted molar refractivity (Wildman–Crippen MR) is 56.2 cm³/mol. The zero-order valence-corrected chi connectivity index (χ0v) is 9.12. The van der Waals surface area contributed by atoms with Gasteiger partial charge in [0.25, 0.3) is 0 Å². The van der Waals surface area contributed by atoms with Gasteiger partial charge in [-0.05, 0) is 38.5 Å². The Hall–Kier alpha value is -0.790. The Labute approximate surface area is 85.7 Å². The van der Waals surface area contributed by atoms with Crippen molar-refractivity contribution in [2.45, 2.75) is 51.9 Å². The summed E-state index contributed by atoms with van der Waals surface area (Å²) in [6.45, 7) is 4.26. The van der Waals surface area contributed by atoms with Crippen LogP contribution in [-0.2, 0) is 0 Å². The minimum absolute atomic E-state index is 0.589. The lowest BCUT2D eigenvalue weighted by molar-refractivity contribution is 0.285. The van der Waals surface area contributed by atoms with Crippen molar-refractivity contribution in [2.24, 2.45) is 5.92 Å². The Morgan fingerprint density at radius 3 is 2.57 bits per heavy atom. The van der Waals surface area contributed by atoms with E-state index in [-0.39, 0.29) is 0 Å². The lowest BCUT2D eigenvalue weighted by atomic mass is 9.81. The second-order valence-electron chi connectivity index (χ2n) is 4.44. The largest absolute Gasteiger partial charge is 0.446 e. The third-order valence-electron chi connectivity index (χ3n) is 3.41. The predicted octanol–water partition coefficient (Wildman–Crippen LogP) is 3.67. The molecule has 0 bridgehead atoms. The molecule has 1 aliphatic rings. The van der Waals surface area contributed by atoms with E-state index in [0.29, 0.717) is 5.92 Å². The highest BCUT2D eigenvalue weighted by Gasteiger charge is 2.24. The van der Waals surface area contributed by atoms with Gasteiger partial charge in [0.2, 0.25) is 0 Å². The molecule has 0 aromatic carbocycles. The lowest BCUT2D eigenvalue weighted by Crippen LogP contribution is -2.12. The van der Waals surface area contributed by atoms with E-state index in [0.717, 1.165) is 17.6 Å². The third kappa shape index (κ3) is 1.99. The fourth-order valence-corrected chi connectivity index (χ4v) is 2.38. The summed E-state index contributed by atoms with van der Waals surface area (Å²) in [5, 5.41) is 0. The van der Waals surface area contributed by atoms with Crippen molar-refractivity contribution in [3.63, 3.8) is 0 Å². The summed E-state index contributed by atoms with van der Waals surface area (Å²) >= 11 is 0. The molecule has 1 saturated carbocycles. The van der Waals surface area contributed by atoms with Crippen LogP contribution in [0.3, 0.4) is 0 Å². The SMILES string of the molecule is CCC1CCC(c2ncc(C)o2)CC1. The van der Waals surface area contributed by atoms with E-state index in [1.54, 1.807) is 0 Å². The Morgan fingerprint density at radius 1 is 1.36 bits per heavy atom. The molecule has 78 valence electrons. The topological polar surface area (TPSA) is 26.0 Å². The molecule has 0 atom stereocenters. The second kappa shape index (κ2) is 4.16. The minimum atomic E-state index is 0.589. The first-order valence-corrected chi connectivity index (χ1v) is 5.72. The van der Waals surface area contributed by atoms with Crippen LogP contribution in [0, 0.1) is 12.8 Å². The van der Waals surface area contributed by atoms with Crippen LogP contribution >= 0.6 is 0 Å². The molecule has 2 nitrogen and oxygen atoms in total. The Kier molecular flexibility index (Phi) is 2.90. The van der Waals surface area contributed by atoms with E-state index in [1.807, 2.05) is 13.1 Å². The Morgan fingerprint density at radius 2 is 2.07 bits per heavy atom. The van der Waals surface area contributed by atoms with Gasteiger partial charge < -0.3 is 4.42 Å². The summed E-state index contributed by atoms with van der Waals surface area (Å²) < 4.78 is 5.58. The molecule has 1 fully saturated rings. The molecule has 1 heterocycles. The number of rotatable bonds is 2. The number of aryl methyl sites for hydroxylation is 1. The highest BCUT2D eigenvalue weighted by Crippen LogP contribution is 2.36. The molecule has 1 aromatic heterocycles. The molecule has 0 unspecified atom stereocenters. The van der Waals surface area contributed by atoms with Crippen LogP contribution in [-0.4, -0.2) is 4.98 Å². The van der Waals surface area contributed by atoms with Crippen molar-refractivity contribution >= 4 is 0 Å². The van der Waals surface area contributed by atoms with Crippen LogP contribution in [0.5, 0.6) is 0 Å². The molecule has 0 amide bonds. The third-order valence-corrected chi connectivity index (χ3v) is 3.41. The van der Waals surface area contributed by atoms with Crippen LogP contribution in [0.15, 0.2) is 10.6 Å². The minimum Gasteiger partial charge on any atom is -0.446 e. The maximum Gasteiger partial charge on any atom is 0.197 e. The van der Waals surface area contributed by atoms with E-state index in [9.17, 15) is 0 Å². The van der Waals surface area contributed by atoms with Crippen molar-refractivity contribution in [1.29, 1.82) is 0 Å². The number of aromatic nitrogens is 1. The number of hydrogen-bond donors (Lipinski definition) is 0. The van der Waals surface area contributed by atoms with Crippen LogP contribution < -0.4 is 0 Å². The van der Waals surface area contributed by atoms with Gasteiger partial charge in [0, 0.05) is 5.92 Å². The summed E-state index contributed by atoms with van der Waals surface area (Å²) in [6.07, 6.45) is 8.39. The standard InChI is InChI=1S/C12H19NO/c1-3-10-4-6-11(7-5-10)12-13-8-9(2)14-12/h8,10-11H,3-7H2,1-2H3. The first-order chi connectivity index (χ1) is 6.79. The normalized spacial score (nSPS) is 27.9. The van der Waals surface area contributed by atoms with Crippen LogP contribution in [0.25, 0.3) is 0 Å².